The van der Waals surface area contributed by atoms with Gasteiger partial charge < -0.3 is 5.32 Å². The molecule has 122 valence electrons. The third kappa shape index (κ3) is 3.35. The average Bonchev–Trinajstić information content (AvgIpc) is 3.09. The number of fused-ring (bicyclic) bond motifs is 1. The van der Waals surface area contributed by atoms with E-state index in [4.69, 9.17) is 0 Å². The van der Waals surface area contributed by atoms with Gasteiger partial charge in [-0.15, -0.1) is 5.10 Å². The number of carbonyl (C=O) groups is 1. The number of nitrogens with one attached hydrogen (secondary N) is 1. The van der Waals surface area contributed by atoms with E-state index in [1.807, 2.05) is 36.4 Å². The van der Waals surface area contributed by atoms with Crippen molar-refractivity contribution in [1.29, 1.82) is 0 Å². The van der Waals surface area contributed by atoms with Gasteiger partial charge in [0.05, 0.1) is 0 Å². The minimum atomic E-state index is -0.368. The molecule has 0 saturated carbocycles. The fourth-order valence-electron chi connectivity index (χ4n) is 2.46. The van der Waals surface area contributed by atoms with Crippen molar-refractivity contribution < 1.29 is 4.79 Å². The van der Waals surface area contributed by atoms with Crippen molar-refractivity contribution in [1.82, 2.24) is 24.6 Å². The molecule has 0 aliphatic heterocycles. The highest BCUT2D eigenvalue weighted by molar-refractivity contribution is 6.01. The number of nitrogens with zero attached hydrogens (tertiary/aromatic N) is 5. The van der Waals surface area contributed by atoms with Crippen LogP contribution in [-0.2, 0) is 6.42 Å². The molecule has 0 atom stereocenters. The van der Waals surface area contributed by atoms with Crippen LogP contribution in [0.15, 0.2) is 67.3 Å². The van der Waals surface area contributed by atoms with Gasteiger partial charge in [0.1, 0.15) is 0 Å². The zero-order valence-corrected chi connectivity index (χ0v) is 13.2. The van der Waals surface area contributed by atoms with Gasteiger partial charge in [-0.1, -0.05) is 12.1 Å². The van der Waals surface area contributed by atoms with Crippen molar-refractivity contribution in [2.24, 2.45) is 0 Å². The van der Waals surface area contributed by atoms with Crippen molar-refractivity contribution in [2.75, 3.05) is 5.32 Å². The Morgan fingerprint density at radius 1 is 1.00 bits per heavy atom. The van der Waals surface area contributed by atoms with Crippen molar-refractivity contribution >= 4 is 17.4 Å². The first-order valence-corrected chi connectivity index (χ1v) is 7.74. The van der Waals surface area contributed by atoms with Crippen LogP contribution in [0.2, 0.25) is 0 Å². The molecular formula is C18H14N6O. The molecule has 0 fully saturated rings. The molecule has 0 saturated heterocycles. The number of rotatable bonds is 4. The Labute approximate surface area is 143 Å². The summed E-state index contributed by atoms with van der Waals surface area (Å²) < 4.78 is 1.47. The summed E-state index contributed by atoms with van der Waals surface area (Å²) in [4.78, 5) is 24.4. The third-order valence-electron chi connectivity index (χ3n) is 3.69. The van der Waals surface area contributed by atoms with E-state index in [1.54, 1.807) is 30.9 Å². The van der Waals surface area contributed by atoms with Crippen LogP contribution >= 0.6 is 0 Å². The normalized spacial score (nSPS) is 10.7. The van der Waals surface area contributed by atoms with Gasteiger partial charge in [0.15, 0.2) is 0 Å². The number of amides is 1. The van der Waals surface area contributed by atoms with Gasteiger partial charge in [-0.3, -0.25) is 9.78 Å². The van der Waals surface area contributed by atoms with Crippen molar-refractivity contribution in [3.63, 3.8) is 0 Å². The Morgan fingerprint density at radius 3 is 2.52 bits per heavy atom. The molecule has 0 spiro atoms. The van der Waals surface area contributed by atoms with Crippen LogP contribution in [0.4, 0.5) is 5.69 Å². The molecule has 4 aromatic rings. The summed E-state index contributed by atoms with van der Waals surface area (Å²) in [5.41, 5.74) is 3.03. The van der Waals surface area contributed by atoms with Crippen LogP contribution in [0.25, 0.3) is 5.78 Å². The largest absolute Gasteiger partial charge is 0.319 e. The predicted molar refractivity (Wildman–Crippen MR) is 92.2 cm³/mol. The van der Waals surface area contributed by atoms with Crippen molar-refractivity contribution in [3.05, 3.63) is 84.2 Å². The summed E-state index contributed by atoms with van der Waals surface area (Å²) in [5.74, 6) is 0.104. The van der Waals surface area contributed by atoms with E-state index >= 15 is 0 Å². The zero-order chi connectivity index (χ0) is 17.1. The molecule has 25 heavy (non-hydrogen) atoms. The molecule has 0 aliphatic carbocycles. The second-order valence-corrected chi connectivity index (χ2v) is 5.48. The smallest absolute Gasteiger partial charge is 0.295 e. The first-order chi connectivity index (χ1) is 12.3. The standard InChI is InChI=1S/C18H14N6O/c25-17(16-22-18-20-8-1-11-24(18)23-16)21-15-4-2-13(3-5-15)12-14-6-9-19-10-7-14/h1-11H,12H2,(H,21,25). The molecule has 0 radical (unpaired) electrons. The molecular weight excluding hydrogens is 316 g/mol. The van der Waals surface area contributed by atoms with E-state index in [0.717, 1.165) is 12.0 Å². The van der Waals surface area contributed by atoms with Gasteiger partial charge in [0.25, 0.3) is 11.7 Å². The zero-order valence-electron chi connectivity index (χ0n) is 13.2. The first-order valence-electron chi connectivity index (χ1n) is 7.74. The lowest BCUT2D eigenvalue weighted by molar-refractivity contribution is 0.101. The number of carbonyl (C=O) groups excluding carboxylic acids is 1. The number of benzene rings is 1. The summed E-state index contributed by atoms with van der Waals surface area (Å²) in [6, 6.07) is 13.4. The van der Waals surface area contributed by atoms with E-state index in [1.165, 1.54) is 10.1 Å². The number of anilines is 1. The Hall–Kier alpha value is -3.61. The Balaban J connectivity index is 1.46. The molecule has 0 unspecified atom stereocenters. The lowest BCUT2D eigenvalue weighted by Gasteiger charge is -2.05. The number of aromatic nitrogens is 5. The Kier molecular flexibility index (Phi) is 3.88. The summed E-state index contributed by atoms with van der Waals surface area (Å²) in [6.45, 7) is 0. The molecule has 1 amide bonds. The maximum Gasteiger partial charge on any atom is 0.295 e. The quantitative estimate of drug-likeness (QED) is 0.621. The number of hydrogen-bond acceptors (Lipinski definition) is 5. The van der Waals surface area contributed by atoms with E-state index in [2.05, 4.69) is 25.4 Å². The lowest BCUT2D eigenvalue weighted by Crippen LogP contribution is -2.13. The van der Waals surface area contributed by atoms with Gasteiger partial charge in [0, 0.05) is 30.5 Å². The van der Waals surface area contributed by atoms with E-state index < -0.39 is 0 Å². The molecule has 1 aromatic carbocycles. The van der Waals surface area contributed by atoms with Crippen LogP contribution in [0.5, 0.6) is 0 Å². The third-order valence-corrected chi connectivity index (χ3v) is 3.69. The summed E-state index contributed by atoms with van der Waals surface area (Å²) in [6.07, 6.45) is 7.67. The maximum atomic E-state index is 12.3. The van der Waals surface area contributed by atoms with Crippen LogP contribution in [0, 0.1) is 0 Å². The molecule has 4 rings (SSSR count). The summed E-state index contributed by atoms with van der Waals surface area (Å²) >= 11 is 0. The minimum absolute atomic E-state index is 0.0829. The fraction of sp³-hybridized carbons (Fsp3) is 0.0556. The molecule has 7 heteroatoms. The van der Waals surface area contributed by atoms with E-state index in [9.17, 15) is 4.79 Å². The average molecular weight is 330 g/mol. The van der Waals surface area contributed by atoms with Gasteiger partial charge in [-0.25, -0.2) is 9.50 Å². The van der Waals surface area contributed by atoms with E-state index in [0.29, 0.717) is 11.5 Å². The minimum Gasteiger partial charge on any atom is -0.319 e. The number of hydrogen-bond donors (Lipinski definition) is 1. The maximum absolute atomic E-state index is 12.3. The van der Waals surface area contributed by atoms with Crippen LogP contribution in [0.3, 0.4) is 0 Å². The monoisotopic (exact) mass is 330 g/mol. The molecule has 3 aromatic heterocycles. The molecule has 1 N–H and O–H groups in total. The Morgan fingerprint density at radius 2 is 1.76 bits per heavy atom. The second kappa shape index (κ2) is 6.48. The SMILES string of the molecule is O=C(Nc1ccc(Cc2ccncc2)cc1)c1nc2ncccn2n1. The molecule has 0 bridgehead atoms. The van der Waals surface area contributed by atoms with Crippen molar-refractivity contribution in [3.8, 4) is 0 Å². The highest BCUT2D eigenvalue weighted by Gasteiger charge is 2.13. The van der Waals surface area contributed by atoms with Gasteiger partial charge in [-0.05, 0) is 47.9 Å². The number of pyridine rings is 1. The second-order valence-electron chi connectivity index (χ2n) is 5.48. The molecule has 3 heterocycles. The highest BCUT2D eigenvalue weighted by atomic mass is 16.2. The van der Waals surface area contributed by atoms with E-state index in [-0.39, 0.29) is 11.7 Å². The van der Waals surface area contributed by atoms with Gasteiger partial charge >= 0.3 is 0 Å². The van der Waals surface area contributed by atoms with Crippen LogP contribution in [0.1, 0.15) is 21.7 Å². The topological polar surface area (TPSA) is 85.1 Å². The van der Waals surface area contributed by atoms with Gasteiger partial charge in [0.2, 0.25) is 5.82 Å². The van der Waals surface area contributed by atoms with Gasteiger partial charge in [-0.2, -0.15) is 4.98 Å². The lowest BCUT2D eigenvalue weighted by atomic mass is 10.1. The summed E-state index contributed by atoms with van der Waals surface area (Å²) in [7, 11) is 0. The fourth-order valence-corrected chi connectivity index (χ4v) is 2.46. The van der Waals surface area contributed by atoms with Crippen LogP contribution in [-0.4, -0.2) is 30.5 Å². The van der Waals surface area contributed by atoms with Crippen LogP contribution < -0.4 is 5.32 Å². The predicted octanol–water partition coefficient (Wildman–Crippen LogP) is 2.36. The first kappa shape index (κ1) is 14.9. The molecule has 0 aliphatic rings. The highest BCUT2D eigenvalue weighted by Crippen LogP contribution is 2.14. The Bertz CT molecular complexity index is 978. The van der Waals surface area contributed by atoms with Crippen molar-refractivity contribution in [2.45, 2.75) is 6.42 Å². The summed E-state index contributed by atoms with van der Waals surface area (Å²) in [5, 5.41) is 6.90. The molecule has 7 nitrogen and oxygen atoms in total.